The molecule has 1 heterocycles. The Morgan fingerprint density at radius 3 is 2.82 bits per heavy atom. The third kappa shape index (κ3) is 2.97. The first-order valence-corrected chi connectivity index (χ1v) is 6.11. The van der Waals surface area contributed by atoms with Gasteiger partial charge in [-0.1, -0.05) is 6.07 Å². The molecule has 0 saturated carbocycles. The first-order valence-electron chi connectivity index (χ1n) is 5.32. The molecular weight excluding hydrogens is 278 g/mol. The fourth-order valence-electron chi connectivity index (χ4n) is 1.68. The fourth-order valence-corrected chi connectivity index (χ4v) is 2.38. The number of aromatic nitrogens is 1. The molecule has 0 aliphatic heterocycles. The Morgan fingerprint density at radius 1 is 1.35 bits per heavy atom. The zero-order valence-electron chi connectivity index (χ0n) is 9.60. The van der Waals surface area contributed by atoms with E-state index in [1.807, 2.05) is 37.5 Å². The molecule has 1 aromatic carbocycles. The molecule has 0 atom stereocenters. The number of hydrogen-bond acceptors (Lipinski definition) is 3. The third-order valence-corrected chi connectivity index (χ3v) is 3.16. The summed E-state index contributed by atoms with van der Waals surface area (Å²) in [5.74, 6) is 0. The van der Waals surface area contributed by atoms with Crippen molar-refractivity contribution in [3.05, 3.63) is 52.8 Å². The van der Waals surface area contributed by atoms with Gasteiger partial charge >= 0.3 is 0 Å². The number of hydrogen-bond donors (Lipinski definition) is 1. The zero-order valence-corrected chi connectivity index (χ0v) is 11.2. The summed E-state index contributed by atoms with van der Waals surface area (Å²) in [6, 6.07) is 9.83. The van der Waals surface area contributed by atoms with E-state index in [1.54, 1.807) is 6.20 Å². The van der Waals surface area contributed by atoms with Crippen LogP contribution in [0, 0.1) is 0 Å². The summed E-state index contributed by atoms with van der Waals surface area (Å²) in [7, 11) is 2.04. The van der Waals surface area contributed by atoms with Gasteiger partial charge in [-0.25, -0.2) is 0 Å². The Morgan fingerprint density at radius 2 is 2.18 bits per heavy atom. The van der Waals surface area contributed by atoms with E-state index in [1.165, 1.54) is 5.56 Å². The van der Waals surface area contributed by atoms with Crippen molar-refractivity contribution in [3.8, 4) is 0 Å². The van der Waals surface area contributed by atoms with Gasteiger partial charge in [0.05, 0.1) is 5.69 Å². The molecule has 88 valence electrons. The molecule has 4 heteroatoms. The Bertz CT molecular complexity index is 499. The van der Waals surface area contributed by atoms with E-state index in [9.17, 15) is 0 Å². The van der Waals surface area contributed by atoms with Crippen molar-refractivity contribution < 1.29 is 0 Å². The van der Waals surface area contributed by atoms with Crippen LogP contribution in [0.1, 0.15) is 5.56 Å². The lowest BCUT2D eigenvalue weighted by molar-refractivity contribution is 0.912. The number of pyridine rings is 1. The zero-order chi connectivity index (χ0) is 12.3. The van der Waals surface area contributed by atoms with Crippen LogP contribution in [-0.2, 0) is 6.54 Å². The molecule has 0 radical (unpaired) electrons. The van der Waals surface area contributed by atoms with Crippen LogP contribution in [0.25, 0.3) is 0 Å². The largest absolute Gasteiger partial charge is 0.399 e. The van der Waals surface area contributed by atoms with Gasteiger partial charge in [-0.15, -0.1) is 0 Å². The Labute approximate surface area is 109 Å². The van der Waals surface area contributed by atoms with E-state index >= 15 is 0 Å². The monoisotopic (exact) mass is 291 g/mol. The number of anilines is 2. The van der Waals surface area contributed by atoms with E-state index in [-0.39, 0.29) is 0 Å². The van der Waals surface area contributed by atoms with E-state index in [0.29, 0.717) is 0 Å². The van der Waals surface area contributed by atoms with Crippen LogP contribution in [0.15, 0.2) is 47.2 Å². The van der Waals surface area contributed by atoms with Gasteiger partial charge in [-0.05, 0) is 45.8 Å². The van der Waals surface area contributed by atoms with Crippen molar-refractivity contribution in [1.29, 1.82) is 0 Å². The molecule has 0 bridgehead atoms. The molecule has 0 saturated heterocycles. The molecule has 0 fully saturated rings. The molecule has 2 rings (SSSR count). The first-order chi connectivity index (χ1) is 8.16. The molecule has 0 aliphatic carbocycles. The van der Waals surface area contributed by atoms with Gasteiger partial charge in [0, 0.05) is 36.1 Å². The van der Waals surface area contributed by atoms with Crippen LogP contribution in [0.2, 0.25) is 0 Å². The molecule has 17 heavy (non-hydrogen) atoms. The smallest absolute Gasteiger partial charge is 0.0512 e. The minimum Gasteiger partial charge on any atom is -0.399 e. The Kier molecular flexibility index (Phi) is 3.64. The van der Waals surface area contributed by atoms with Gasteiger partial charge in [-0.3, -0.25) is 4.98 Å². The molecule has 0 spiro atoms. The van der Waals surface area contributed by atoms with Crippen molar-refractivity contribution >= 4 is 27.3 Å². The lowest BCUT2D eigenvalue weighted by atomic mass is 10.2. The van der Waals surface area contributed by atoms with Gasteiger partial charge < -0.3 is 10.6 Å². The number of rotatable bonds is 3. The number of nitrogens with zero attached hydrogens (tertiary/aromatic N) is 2. The highest BCUT2D eigenvalue weighted by Gasteiger charge is 2.06. The van der Waals surface area contributed by atoms with E-state index < -0.39 is 0 Å². The summed E-state index contributed by atoms with van der Waals surface area (Å²) in [5, 5.41) is 0. The summed E-state index contributed by atoms with van der Waals surface area (Å²) in [5.41, 5.74) is 8.77. The quantitative estimate of drug-likeness (QED) is 0.884. The van der Waals surface area contributed by atoms with Crippen molar-refractivity contribution in [2.75, 3.05) is 17.7 Å². The van der Waals surface area contributed by atoms with Crippen LogP contribution in [0.3, 0.4) is 0 Å². The number of nitrogen functional groups attached to an aromatic ring is 1. The summed E-state index contributed by atoms with van der Waals surface area (Å²) < 4.78 is 1.00. The number of halogens is 1. The molecule has 0 amide bonds. The minimum atomic E-state index is 0.760. The Balaban J connectivity index is 2.17. The lowest BCUT2D eigenvalue weighted by Gasteiger charge is -2.20. The van der Waals surface area contributed by atoms with Gasteiger partial charge in [0.2, 0.25) is 0 Å². The van der Waals surface area contributed by atoms with Gasteiger partial charge in [0.15, 0.2) is 0 Å². The van der Waals surface area contributed by atoms with Crippen LogP contribution in [0.4, 0.5) is 11.4 Å². The standard InChI is InChI=1S/C13H14BrN3/c1-17(9-10-3-2-6-16-8-10)13-5-4-11(15)7-12(13)14/h2-8H,9,15H2,1H3. The van der Waals surface area contributed by atoms with Crippen molar-refractivity contribution in [3.63, 3.8) is 0 Å². The van der Waals surface area contributed by atoms with E-state index in [4.69, 9.17) is 5.73 Å². The van der Waals surface area contributed by atoms with E-state index in [0.717, 1.165) is 22.4 Å². The second-order valence-corrected chi connectivity index (χ2v) is 4.78. The maximum Gasteiger partial charge on any atom is 0.0512 e. The molecular formula is C13H14BrN3. The normalized spacial score (nSPS) is 10.2. The van der Waals surface area contributed by atoms with Crippen molar-refractivity contribution in [2.45, 2.75) is 6.54 Å². The number of nitrogens with two attached hydrogens (primary N) is 1. The summed E-state index contributed by atoms with van der Waals surface area (Å²) >= 11 is 3.52. The van der Waals surface area contributed by atoms with Crippen LogP contribution >= 0.6 is 15.9 Å². The second kappa shape index (κ2) is 5.19. The lowest BCUT2D eigenvalue weighted by Crippen LogP contribution is -2.16. The average molecular weight is 292 g/mol. The maximum atomic E-state index is 5.72. The molecule has 0 unspecified atom stereocenters. The maximum absolute atomic E-state index is 5.72. The Hall–Kier alpha value is -1.55. The summed E-state index contributed by atoms with van der Waals surface area (Å²) in [4.78, 5) is 6.26. The van der Waals surface area contributed by atoms with Crippen LogP contribution in [-0.4, -0.2) is 12.0 Å². The van der Waals surface area contributed by atoms with Crippen LogP contribution < -0.4 is 10.6 Å². The molecule has 2 N–H and O–H groups in total. The molecule has 1 aromatic heterocycles. The fraction of sp³-hybridized carbons (Fsp3) is 0.154. The average Bonchev–Trinajstić information content (AvgIpc) is 2.30. The van der Waals surface area contributed by atoms with Gasteiger partial charge in [0.25, 0.3) is 0 Å². The van der Waals surface area contributed by atoms with Crippen molar-refractivity contribution in [1.82, 2.24) is 4.98 Å². The van der Waals surface area contributed by atoms with E-state index in [2.05, 4.69) is 31.9 Å². The summed E-state index contributed by atoms with van der Waals surface area (Å²) in [6.07, 6.45) is 3.66. The SMILES string of the molecule is CN(Cc1cccnc1)c1ccc(N)cc1Br. The summed E-state index contributed by atoms with van der Waals surface area (Å²) in [6.45, 7) is 0.816. The molecule has 3 nitrogen and oxygen atoms in total. The predicted octanol–water partition coefficient (Wildman–Crippen LogP) is 3.06. The molecule has 2 aromatic rings. The van der Waals surface area contributed by atoms with Crippen LogP contribution in [0.5, 0.6) is 0 Å². The first kappa shape index (κ1) is 11.9. The highest BCUT2D eigenvalue weighted by Crippen LogP contribution is 2.28. The second-order valence-electron chi connectivity index (χ2n) is 3.93. The topological polar surface area (TPSA) is 42.2 Å². The number of benzene rings is 1. The molecule has 0 aliphatic rings. The minimum absolute atomic E-state index is 0.760. The third-order valence-electron chi connectivity index (χ3n) is 2.53. The van der Waals surface area contributed by atoms with Gasteiger partial charge in [0.1, 0.15) is 0 Å². The highest BCUT2D eigenvalue weighted by molar-refractivity contribution is 9.10. The van der Waals surface area contributed by atoms with Gasteiger partial charge in [-0.2, -0.15) is 0 Å². The van der Waals surface area contributed by atoms with Crippen molar-refractivity contribution in [2.24, 2.45) is 0 Å². The predicted molar refractivity (Wildman–Crippen MR) is 74.9 cm³/mol. The highest BCUT2D eigenvalue weighted by atomic mass is 79.9.